The topological polar surface area (TPSA) is 53.0 Å². The fourth-order valence-electron chi connectivity index (χ4n) is 2.92. The van der Waals surface area contributed by atoms with Gasteiger partial charge in [0.1, 0.15) is 5.69 Å². The highest BCUT2D eigenvalue weighted by Crippen LogP contribution is 2.31. The first kappa shape index (κ1) is 14.7. The molecule has 3 nitrogen and oxygen atoms in total. The summed E-state index contributed by atoms with van der Waals surface area (Å²) in [6, 6.07) is 4.25. The number of rotatable bonds is 3. The van der Waals surface area contributed by atoms with E-state index < -0.39 is 11.6 Å². The molecule has 0 unspecified atom stereocenters. The second-order valence-electron chi connectivity index (χ2n) is 5.25. The van der Waals surface area contributed by atoms with Crippen molar-refractivity contribution in [1.29, 1.82) is 5.26 Å². The average Bonchev–Trinajstić information content (AvgIpc) is 2.43. The molecular weight excluding hydrogens is 260 g/mol. The summed E-state index contributed by atoms with van der Waals surface area (Å²) in [4.78, 5) is 1.76. The van der Waals surface area contributed by atoms with Gasteiger partial charge in [-0.3, -0.25) is 0 Å². The molecule has 108 valence electrons. The van der Waals surface area contributed by atoms with Gasteiger partial charge in [0.15, 0.2) is 11.6 Å². The highest BCUT2D eigenvalue weighted by molar-refractivity contribution is 5.53. The van der Waals surface area contributed by atoms with Crippen LogP contribution in [0.3, 0.4) is 0 Å². The van der Waals surface area contributed by atoms with Crippen molar-refractivity contribution in [3.05, 3.63) is 29.3 Å². The van der Waals surface area contributed by atoms with Gasteiger partial charge < -0.3 is 10.6 Å². The van der Waals surface area contributed by atoms with Gasteiger partial charge in [-0.15, -0.1) is 0 Å². The second-order valence-corrected chi connectivity index (χ2v) is 5.25. The van der Waals surface area contributed by atoms with Gasteiger partial charge in [0.2, 0.25) is 0 Å². The molecule has 0 spiro atoms. The minimum Gasteiger partial charge on any atom is -0.364 e. The van der Waals surface area contributed by atoms with Crippen LogP contribution in [-0.4, -0.2) is 18.6 Å². The standard InChI is InChI=1S/C15H19F2N3/c1-2-20(12-5-3-11(19)4-6-12)15-13(16)7-10(9-18)8-14(15)17/h7-8,11-12H,2-6,19H2,1H3. The summed E-state index contributed by atoms with van der Waals surface area (Å²) in [5, 5.41) is 8.74. The number of nitrogens with two attached hydrogens (primary N) is 1. The molecule has 0 atom stereocenters. The minimum atomic E-state index is -0.668. The van der Waals surface area contributed by atoms with Crippen LogP contribution in [0.2, 0.25) is 0 Å². The van der Waals surface area contributed by atoms with E-state index >= 15 is 0 Å². The molecule has 2 rings (SSSR count). The molecule has 0 heterocycles. The maximum absolute atomic E-state index is 14.1. The van der Waals surface area contributed by atoms with E-state index in [0.717, 1.165) is 37.8 Å². The lowest BCUT2D eigenvalue weighted by Gasteiger charge is -2.37. The highest BCUT2D eigenvalue weighted by atomic mass is 19.1. The number of anilines is 1. The van der Waals surface area contributed by atoms with E-state index in [1.54, 1.807) is 11.0 Å². The molecule has 1 saturated carbocycles. The molecule has 0 saturated heterocycles. The zero-order chi connectivity index (χ0) is 14.7. The summed E-state index contributed by atoms with van der Waals surface area (Å²) in [6.07, 6.45) is 3.43. The van der Waals surface area contributed by atoms with Gasteiger partial charge in [0.05, 0.1) is 11.6 Å². The Hall–Kier alpha value is -1.67. The van der Waals surface area contributed by atoms with Crippen LogP contribution in [0.4, 0.5) is 14.5 Å². The van der Waals surface area contributed by atoms with Crippen molar-refractivity contribution in [2.45, 2.75) is 44.7 Å². The van der Waals surface area contributed by atoms with Crippen LogP contribution in [0.1, 0.15) is 38.2 Å². The van der Waals surface area contributed by atoms with Crippen molar-refractivity contribution in [3.63, 3.8) is 0 Å². The van der Waals surface area contributed by atoms with Gasteiger partial charge in [0, 0.05) is 18.6 Å². The molecule has 5 heteroatoms. The highest BCUT2D eigenvalue weighted by Gasteiger charge is 2.27. The first-order valence-corrected chi connectivity index (χ1v) is 6.98. The molecule has 1 aliphatic rings. The van der Waals surface area contributed by atoms with Crippen molar-refractivity contribution in [1.82, 2.24) is 0 Å². The molecule has 20 heavy (non-hydrogen) atoms. The van der Waals surface area contributed by atoms with Crippen LogP contribution >= 0.6 is 0 Å². The van der Waals surface area contributed by atoms with Crippen LogP contribution in [0.25, 0.3) is 0 Å². The number of nitrogens with zero attached hydrogens (tertiary/aromatic N) is 2. The third-order valence-corrected chi connectivity index (χ3v) is 3.96. The summed E-state index contributed by atoms with van der Waals surface area (Å²) >= 11 is 0. The van der Waals surface area contributed by atoms with E-state index in [0.29, 0.717) is 6.54 Å². The summed E-state index contributed by atoms with van der Waals surface area (Å²) in [6.45, 7) is 2.41. The second kappa shape index (κ2) is 6.19. The van der Waals surface area contributed by atoms with Crippen LogP contribution < -0.4 is 10.6 Å². The van der Waals surface area contributed by atoms with E-state index in [9.17, 15) is 8.78 Å². The molecule has 2 N–H and O–H groups in total. The minimum absolute atomic E-state index is 0.00506. The molecule has 1 aromatic carbocycles. The zero-order valence-electron chi connectivity index (χ0n) is 11.6. The first-order chi connectivity index (χ1) is 9.56. The number of benzene rings is 1. The monoisotopic (exact) mass is 279 g/mol. The lowest BCUT2D eigenvalue weighted by molar-refractivity contribution is 0.373. The fourth-order valence-corrected chi connectivity index (χ4v) is 2.92. The lowest BCUT2D eigenvalue weighted by atomic mass is 9.90. The Morgan fingerprint density at radius 2 is 1.80 bits per heavy atom. The van der Waals surface area contributed by atoms with E-state index in [4.69, 9.17) is 11.0 Å². The van der Waals surface area contributed by atoms with Crippen molar-refractivity contribution in [2.75, 3.05) is 11.4 Å². The van der Waals surface area contributed by atoms with Crippen molar-refractivity contribution in [3.8, 4) is 6.07 Å². The first-order valence-electron chi connectivity index (χ1n) is 6.98. The van der Waals surface area contributed by atoms with E-state index in [1.807, 2.05) is 6.92 Å². The largest absolute Gasteiger partial charge is 0.364 e. The fraction of sp³-hybridized carbons (Fsp3) is 0.533. The summed E-state index contributed by atoms with van der Waals surface area (Å²) in [7, 11) is 0. The summed E-state index contributed by atoms with van der Waals surface area (Å²) < 4.78 is 28.2. The van der Waals surface area contributed by atoms with Crippen LogP contribution in [0.15, 0.2) is 12.1 Å². The third-order valence-electron chi connectivity index (χ3n) is 3.96. The zero-order valence-corrected chi connectivity index (χ0v) is 11.6. The predicted molar refractivity (Wildman–Crippen MR) is 74.3 cm³/mol. The van der Waals surface area contributed by atoms with E-state index in [1.165, 1.54) is 0 Å². The molecule has 0 amide bonds. The molecule has 1 aliphatic carbocycles. The quantitative estimate of drug-likeness (QED) is 0.925. The molecule has 0 aliphatic heterocycles. The third kappa shape index (κ3) is 2.91. The number of nitriles is 1. The van der Waals surface area contributed by atoms with Crippen LogP contribution in [-0.2, 0) is 0 Å². The Morgan fingerprint density at radius 1 is 1.25 bits per heavy atom. The molecule has 0 radical (unpaired) electrons. The normalized spacial score (nSPS) is 22.4. The molecule has 1 fully saturated rings. The smallest absolute Gasteiger partial charge is 0.150 e. The summed E-state index contributed by atoms with van der Waals surface area (Å²) in [5.41, 5.74) is 5.86. The maximum atomic E-state index is 14.1. The van der Waals surface area contributed by atoms with Gasteiger partial charge in [-0.2, -0.15) is 5.26 Å². The van der Waals surface area contributed by atoms with Crippen LogP contribution in [0.5, 0.6) is 0 Å². The molecule has 0 bridgehead atoms. The van der Waals surface area contributed by atoms with Crippen molar-refractivity contribution in [2.24, 2.45) is 5.73 Å². The number of halogens is 2. The predicted octanol–water partition coefficient (Wildman–Crippen LogP) is 2.93. The van der Waals surface area contributed by atoms with Gasteiger partial charge in [-0.1, -0.05) is 0 Å². The average molecular weight is 279 g/mol. The lowest BCUT2D eigenvalue weighted by Crippen LogP contribution is -2.41. The van der Waals surface area contributed by atoms with Gasteiger partial charge in [-0.25, -0.2) is 8.78 Å². The number of hydrogen-bond acceptors (Lipinski definition) is 3. The Morgan fingerprint density at radius 3 is 2.25 bits per heavy atom. The maximum Gasteiger partial charge on any atom is 0.150 e. The van der Waals surface area contributed by atoms with Gasteiger partial charge in [0.25, 0.3) is 0 Å². The molecule has 0 aromatic heterocycles. The summed E-state index contributed by atoms with van der Waals surface area (Å²) in [5.74, 6) is -1.34. The SMILES string of the molecule is CCN(c1c(F)cc(C#N)cc1F)C1CCC(N)CC1. The molecular formula is C15H19F2N3. The van der Waals surface area contributed by atoms with Gasteiger partial charge in [-0.05, 0) is 44.7 Å². The Kier molecular flexibility index (Phi) is 4.56. The van der Waals surface area contributed by atoms with E-state index in [2.05, 4.69) is 0 Å². The molecule has 1 aromatic rings. The Labute approximate surface area is 118 Å². The van der Waals surface area contributed by atoms with E-state index in [-0.39, 0.29) is 23.3 Å². The van der Waals surface area contributed by atoms with Gasteiger partial charge >= 0.3 is 0 Å². The Balaban J connectivity index is 2.30. The van der Waals surface area contributed by atoms with Crippen molar-refractivity contribution >= 4 is 5.69 Å². The Bertz CT molecular complexity index is 493. The van der Waals surface area contributed by atoms with Crippen LogP contribution in [0, 0.1) is 23.0 Å². The van der Waals surface area contributed by atoms with Crippen molar-refractivity contribution < 1.29 is 8.78 Å². The number of hydrogen-bond donors (Lipinski definition) is 1.